The fourth-order valence-electron chi connectivity index (χ4n) is 3.76. The van der Waals surface area contributed by atoms with E-state index in [9.17, 15) is 14.9 Å². The van der Waals surface area contributed by atoms with E-state index in [2.05, 4.69) is 10.2 Å². The number of pyridine rings is 1. The summed E-state index contributed by atoms with van der Waals surface area (Å²) in [6.07, 6.45) is -0.313. The van der Waals surface area contributed by atoms with Crippen LogP contribution < -0.4 is 10.2 Å². The molecule has 1 saturated heterocycles. The SMILES string of the molecule is CC(C)(C)OC(=O)N1CCN(c2cc(Nc3ccccc3[N+](=O)[O-])c3ccccc3n2)CC1. The van der Waals surface area contributed by atoms with Crippen molar-refractivity contribution in [3.63, 3.8) is 0 Å². The quantitative estimate of drug-likeness (QED) is 0.444. The zero-order valence-corrected chi connectivity index (χ0v) is 18.9. The highest BCUT2D eigenvalue weighted by molar-refractivity contribution is 5.95. The van der Waals surface area contributed by atoms with E-state index >= 15 is 0 Å². The Morgan fingerprint density at radius 3 is 2.39 bits per heavy atom. The summed E-state index contributed by atoms with van der Waals surface area (Å²) in [7, 11) is 0. The number of anilines is 3. The number of fused-ring (bicyclic) bond motifs is 1. The molecule has 0 atom stereocenters. The minimum Gasteiger partial charge on any atom is -0.444 e. The first-order valence-corrected chi connectivity index (χ1v) is 10.8. The number of nitrogens with one attached hydrogen (secondary N) is 1. The third-order valence-electron chi connectivity index (χ3n) is 5.33. The van der Waals surface area contributed by atoms with E-state index in [1.807, 2.05) is 51.1 Å². The summed E-state index contributed by atoms with van der Waals surface area (Å²) in [6.45, 7) is 7.82. The molecule has 1 aromatic heterocycles. The van der Waals surface area contributed by atoms with E-state index < -0.39 is 10.5 Å². The third-order valence-corrected chi connectivity index (χ3v) is 5.33. The van der Waals surface area contributed by atoms with Crippen LogP contribution in [0.2, 0.25) is 0 Å². The van der Waals surface area contributed by atoms with Crippen molar-refractivity contribution in [1.82, 2.24) is 9.88 Å². The first kappa shape index (κ1) is 22.3. The van der Waals surface area contributed by atoms with Gasteiger partial charge in [0.25, 0.3) is 5.69 Å². The van der Waals surface area contributed by atoms with Gasteiger partial charge in [-0.15, -0.1) is 0 Å². The molecule has 0 aliphatic carbocycles. The predicted octanol–water partition coefficient (Wildman–Crippen LogP) is 4.94. The van der Waals surface area contributed by atoms with Crippen molar-refractivity contribution in [2.24, 2.45) is 0 Å². The van der Waals surface area contributed by atoms with Crippen molar-refractivity contribution in [1.29, 1.82) is 0 Å². The Kier molecular flexibility index (Phi) is 6.04. The molecule has 3 aromatic rings. The molecule has 2 aromatic carbocycles. The van der Waals surface area contributed by atoms with Crippen molar-refractivity contribution in [2.75, 3.05) is 36.4 Å². The highest BCUT2D eigenvalue weighted by atomic mass is 16.6. The zero-order chi connectivity index (χ0) is 23.6. The Morgan fingerprint density at radius 2 is 1.70 bits per heavy atom. The molecular weight excluding hydrogens is 422 g/mol. The van der Waals surface area contributed by atoms with Crippen LogP contribution in [0.3, 0.4) is 0 Å². The Balaban J connectivity index is 1.59. The van der Waals surface area contributed by atoms with Crippen LogP contribution >= 0.6 is 0 Å². The molecule has 1 amide bonds. The monoisotopic (exact) mass is 449 g/mol. The number of ether oxygens (including phenoxy) is 1. The molecule has 0 spiro atoms. The summed E-state index contributed by atoms with van der Waals surface area (Å²) in [4.78, 5) is 32.1. The number of aromatic nitrogens is 1. The molecule has 1 fully saturated rings. The van der Waals surface area contributed by atoms with Gasteiger partial charge in [-0.3, -0.25) is 10.1 Å². The van der Waals surface area contributed by atoms with Crippen LogP contribution in [-0.2, 0) is 4.74 Å². The molecule has 4 rings (SSSR count). The van der Waals surface area contributed by atoms with Gasteiger partial charge in [-0.1, -0.05) is 30.3 Å². The number of benzene rings is 2. The normalized spacial score (nSPS) is 14.3. The molecule has 0 bridgehead atoms. The summed E-state index contributed by atoms with van der Waals surface area (Å²) in [5.74, 6) is 0.749. The number of amides is 1. The van der Waals surface area contributed by atoms with Gasteiger partial charge in [-0.05, 0) is 32.9 Å². The summed E-state index contributed by atoms with van der Waals surface area (Å²) in [5, 5.41) is 15.6. The smallest absolute Gasteiger partial charge is 0.410 e. The van der Waals surface area contributed by atoms with Crippen molar-refractivity contribution in [2.45, 2.75) is 26.4 Å². The first-order valence-electron chi connectivity index (χ1n) is 10.8. The number of carbonyl (C=O) groups excluding carboxylic acids is 1. The lowest BCUT2D eigenvalue weighted by molar-refractivity contribution is -0.383. The number of hydrogen-bond donors (Lipinski definition) is 1. The molecule has 2 heterocycles. The topological polar surface area (TPSA) is 101 Å². The number of para-hydroxylation sites is 3. The second-order valence-electron chi connectivity index (χ2n) is 8.90. The standard InChI is InChI=1S/C24H27N5O4/c1-24(2,3)33-23(30)28-14-12-27(13-15-28)22-16-20(17-8-4-5-9-18(17)26-22)25-19-10-6-7-11-21(19)29(31)32/h4-11,16H,12-15H2,1-3H3,(H,25,26). The second-order valence-corrected chi connectivity index (χ2v) is 8.90. The largest absolute Gasteiger partial charge is 0.444 e. The molecule has 1 aliphatic heterocycles. The molecule has 33 heavy (non-hydrogen) atoms. The van der Waals surface area contributed by atoms with Gasteiger partial charge in [0.15, 0.2) is 0 Å². The maximum atomic E-state index is 12.4. The van der Waals surface area contributed by atoms with E-state index in [4.69, 9.17) is 9.72 Å². The number of rotatable bonds is 4. The van der Waals surface area contributed by atoms with Crippen molar-refractivity contribution in [3.05, 3.63) is 64.7 Å². The van der Waals surface area contributed by atoms with Gasteiger partial charge >= 0.3 is 6.09 Å². The Hall–Kier alpha value is -3.88. The lowest BCUT2D eigenvalue weighted by Gasteiger charge is -2.36. The zero-order valence-electron chi connectivity index (χ0n) is 18.9. The fourth-order valence-corrected chi connectivity index (χ4v) is 3.76. The molecule has 172 valence electrons. The minimum absolute atomic E-state index is 0.00548. The van der Waals surface area contributed by atoms with Crippen LogP contribution in [0.15, 0.2) is 54.6 Å². The number of nitro groups is 1. The third kappa shape index (κ3) is 5.14. The molecule has 1 N–H and O–H groups in total. The lowest BCUT2D eigenvalue weighted by Crippen LogP contribution is -2.50. The lowest BCUT2D eigenvalue weighted by atomic mass is 10.1. The van der Waals surface area contributed by atoms with Crippen LogP contribution in [0.1, 0.15) is 20.8 Å². The molecule has 9 heteroatoms. The van der Waals surface area contributed by atoms with E-state index in [1.165, 1.54) is 6.07 Å². The van der Waals surface area contributed by atoms with E-state index in [1.54, 1.807) is 23.1 Å². The maximum absolute atomic E-state index is 12.4. The molecule has 0 unspecified atom stereocenters. The number of nitrogens with zero attached hydrogens (tertiary/aromatic N) is 4. The first-order chi connectivity index (χ1) is 15.7. The van der Waals surface area contributed by atoms with E-state index in [-0.39, 0.29) is 11.8 Å². The highest BCUT2D eigenvalue weighted by Crippen LogP contribution is 2.33. The highest BCUT2D eigenvalue weighted by Gasteiger charge is 2.27. The van der Waals surface area contributed by atoms with Gasteiger partial charge in [-0.25, -0.2) is 9.78 Å². The van der Waals surface area contributed by atoms with Crippen LogP contribution in [0.5, 0.6) is 0 Å². The summed E-state index contributed by atoms with van der Waals surface area (Å²) >= 11 is 0. The number of piperazine rings is 1. The van der Waals surface area contributed by atoms with Crippen molar-refractivity contribution in [3.8, 4) is 0 Å². The summed E-state index contributed by atoms with van der Waals surface area (Å²) < 4.78 is 5.48. The van der Waals surface area contributed by atoms with Gasteiger partial charge in [0, 0.05) is 43.7 Å². The maximum Gasteiger partial charge on any atom is 0.410 e. The van der Waals surface area contributed by atoms with Gasteiger partial charge in [-0.2, -0.15) is 0 Å². The van der Waals surface area contributed by atoms with Gasteiger partial charge in [0.1, 0.15) is 17.1 Å². The molecule has 0 radical (unpaired) electrons. The summed E-state index contributed by atoms with van der Waals surface area (Å²) in [6, 6.07) is 16.1. The molecule has 9 nitrogen and oxygen atoms in total. The molecule has 1 aliphatic rings. The van der Waals surface area contributed by atoms with Crippen molar-refractivity contribution < 1.29 is 14.5 Å². The minimum atomic E-state index is -0.533. The fraction of sp³-hybridized carbons (Fsp3) is 0.333. The average molecular weight is 450 g/mol. The van der Waals surface area contributed by atoms with Crippen LogP contribution in [0.4, 0.5) is 27.7 Å². The number of nitro benzene ring substituents is 1. The van der Waals surface area contributed by atoms with Crippen LogP contribution in [-0.4, -0.2) is 52.7 Å². The molecule has 0 saturated carbocycles. The van der Waals surface area contributed by atoms with Gasteiger partial charge in [0.2, 0.25) is 0 Å². The average Bonchev–Trinajstić information content (AvgIpc) is 2.78. The summed E-state index contributed by atoms with van der Waals surface area (Å²) in [5.41, 5.74) is 1.41. The predicted molar refractivity (Wildman–Crippen MR) is 128 cm³/mol. The second kappa shape index (κ2) is 8.93. The Morgan fingerprint density at radius 1 is 1.03 bits per heavy atom. The van der Waals surface area contributed by atoms with Crippen molar-refractivity contribution >= 4 is 39.9 Å². The molecular formula is C24H27N5O4. The Labute approximate surface area is 192 Å². The van der Waals surface area contributed by atoms with Crippen LogP contribution in [0, 0.1) is 10.1 Å². The van der Waals surface area contributed by atoms with Gasteiger partial charge in [0.05, 0.1) is 16.1 Å². The van der Waals surface area contributed by atoms with Crippen LogP contribution in [0.25, 0.3) is 10.9 Å². The van der Waals surface area contributed by atoms with E-state index in [0.29, 0.717) is 31.9 Å². The number of hydrogen-bond acceptors (Lipinski definition) is 7. The number of carbonyl (C=O) groups is 1. The van der Waals surface area contributed by atoms with E-state index in [0.717, 1.165) is 22.4 Å². The Bertz CT molecular complexity index is 1180. The van der Waals surface area contributed by atoms with Gasteiger partial charge < -0.3 is 19.9 Å².